The number of carbonyl (C=O) groups excluding carboxylic acids is 2. The summed E-state index contributed by atoms with van der Waals surface area (Å²) >= 11 is 1.37. The van der Waals surface area contributed by atoms with Crippen LogP contribution < -0.4 is 9.47 Å². The van der Waals surface area contributed by atoms with Crippen LogP contribution in [-0.2, 0) is 19.1 Å². The van der Waals surface area contributed by atoms with E-state index >= 15 is 0 Å². The number of esters is 1. The molecule has 0 N–H and O–H groups in total. The largest absolute Gasteiger partial charge is 0.493 e. The Morgan fingerprint density at radius 3 is 2.74 bits per heavy atom. The van der Waals surface area contributed by atoms with Crippen LogP contribution in [0.4, 0.5) is 0 Å². The van der Waals surface area contributed by atoms with E-state index in [0.717, 1.165) is 0 Å². The number of carbonyl (C=O) groups is 2. The summed E-state index contributed by atoms with van der Waals surface area (Å²) in [5.41, 5.74) is 1.51. The Labute approximate surface area is 185 Å². The number of fused-ring (bicyclic) bond motifs is 1. The van der Waals surface area contributed by atoms with Crippen LogP contribution in [0.2, 0.25) is 0 Å². The normalized spacial score (nSPS) is 20.3. The first kappa shape index (κ1) is 22.9. The van der Waals surface area contributed by atoms with Gasteiger partial charge in [0.2, 0.25) is 5.91 Å². The fourth-order valence-electron chi connectivity index (χ4n) is 3.40. The maximum atomic E-state index is 13.0. The van der Waals surface area contributed by atoms with E-state index in [1.54, 1.807) is 30.0 Å². The molecule has 0 aliphatic carbocycles. The third kappa shape index (κ3) is 4.62. The van der Waals surface area contributed by atoms with E-state index in [-0.39, 0.29) is 24.4 Å². The molecule has 2 aliphatic heterocycles. The molecule has 1 fully saturated rings. The monoisotopic (exact) mass is 446 g/mol. The number of amidine groups is 1. The molecule has 1 aromatic carbocycles. The Hall–Kier alpha value is -2.78. The van der Waals surface area contributed by atoms with Crippen molar-refractivity contribution < 1.29 is 28.5 Å². The SMILES string of the molecule is C=CCOc1ccc(C2C(C(=O)OCCOC)=C(C)N=C3SC(C)C(=O)N32)cc1OC. The molecule has 1 amide bonds. The van der Waals surface area contributed by atoms with Gasteiger partial charge in [-0.25, -0.2) is 9.79 Å². The van der Waals surface area contributed by atoms with Gasteiger partial charge < -0.3 is 18.9 Å². The van der Waals surface area contributed by atoms with Crippen molar-refractivity contribution >= 4 is 28.8 Å². The number of hydrogen-bond donors (Lipinski definition) is 0. The summed E-state index contributed by atoms with van der Waals surface area (Å²) in [4.78, 5) is 32.1. The fourth-order valence-corrected chi connectivity index (χ4v) is 4.43. The minimum atomic E-state index is -0.685. The van der Waals surface area contributed by atoms with E-state index in [0.29, 0.717) is 40.1 Å². The maximum Gasteiger partial charge on any atom is 0.338 e. The number of allylic oxidation sites excluding steroid dienone is 1. The number of thioether (sulfide) groups is 1. The lowest BCUT2D eigenvalue weighted by atomic mass is 9.94. The number of aliphatic imine (C=N–C) groups is 1. The highest BCUT2D eigenvalue weighted by Crippen LogP contribution is 2.44. The smallest absolute Gasteiger partial charge is 0.338 e. The number of methoxy groups -OCH3 is 2. The lowest BCUT2D eigenvalue weighted by Crippen LogP contribution is -2.40. The number of rotatable bonds is 9. The Morgan fingerprint density at radius 2 is 2.06 bits per heavy atom. The molecule has 0 saturated carbocycles. The van der Waals surface area contributed by atoms with Crippen molar-refractivity contribution in [1.29, 1.82) is 0 Å². The highest BCUT2D eigenvalue weighted by atomic mass is 32.2. The highest BCUT2D eigenvalue weighted by molar-refractivity contribution is 8.15. The molecule has 2 atom stereocenters. The first-order valence-electron chi connectivity index (χ1n) is 9.79. The van der Waals surface area contributed by atoms with Crippen molar-refractivity contribution in [2.24, 2.45) is 4.99 Å². The van der Waals surface area contributed by atoms with Crippen LogP contribution in [0.5, 0.6) is 11.5 Å². The first-order chi connectivity index (χ1) is 14.9. The zero-order chi connectivity index (χ0) is 22.5. The molecule has 2 heterocycles. The van der Waals surface area contributed by atoms with E-state index in [1.807, 2.05) is 13.0 Å². The molecule has 2 aliphatic rings. The molecular weight excluding hydrogens is 420 g/mol. The average Bonchev–Trinajstić information content (AvgIpc) is 3.04. The summed E-state index contributed by atoms with van der Waals surface area (Å²) < 4.78 is 21.5. The summed E-state index contributed by atoms with van der Waals surface area (Å²) in [5.74, 6) is 0.372. The van der Waals surface area contributed by atoms with Gasteiger partial charge in [-0.15, -0.1) is 0 Å². The predicted molar refractivity (Wildman–Crippen MR) is 118 cm³/mol. The summed E-state index contributed by atoms with van der Waals surface area (Å²) in [6, 6.07) is 4.65. The molecule has 0 radical (unpaired) electrons. The molecule has 31 heavy (non-hydrogen) atoms. The van der Waals surface area contributed by atoms with Gasteiger partial charge in [-0.2, -0.15) is 0 Å². The van der Waals surface area contributed by atoms with Crippen LogP contribution >= 0.6 is 11.8 Å². The Bertz CT molecular complexity index is 942. The first-order valence-corrected chi connectivity index (χ1v) is 10.7. The van der Waals surface area contributed by atoms with Gasteiger partial charge in [-0.05, 0) is 31.5 Å². The highest BCUT2D eigenvalue weighted by Gasteiger charge is 2.46. The summed E-state index contributed by atoms with van der Waals surface area (Å²) in [7, 11) is 3.07. The Morgan fingerprint density at radius 1 is 1.29 bits per heavy atom. The van der Waals surface area contributed by atoms with E-state index < -0.39 is 12.0 Å². The molecule has 8 nitrogen and oxygen atoms in total. The minimum absolute atomic E-state index is 0.103. The molecule has 3 rings (SSSR count). The molecule has 1 saturated heterocycles. The van der Waals surface area contributed by atoms with Gasteiger partial charge in [0.05, 0.1) is 36.3 Å². The summed E-state index contributed by atoms with van der Waals surface area (Å²) in [5, 5.41) is 0.273. The van der Waals surface area contributed by atoms with Gasteiger partial charge in [0.1, 0.15) is 13.2 Å². The van der Waals surface area contributed by atoms with Gasteiger partial charge in [0, 0.05) is 7.11 Å². The molecule has 0 spiro atoms. The van der Waals surface area contributed by atoms with Crippen LogP contribution in [0.1, 0.15) is 25.5 Å². The van der Waals surface area contributed by atoms with Crippen molar-refractivity contribution in [1.82, 2.24) is 4.90 Å². The zero-order valence-electron chi connectivity index (χ0n) is 18.0. The number of amides is 1. The van der Waals surface area contributed by atoms with E-state index in [9.17, 15) is 9.59 Å². The topological polar surface area (TPSA) is 86.7 Å². The van der Waals surface area contributed by atoms with Gasteiger partial charge in [-0.1, -0.05) is 30.5 Å². The number of ether oxygens (including phenoxy) is 4. The fraction of sp³-hybridized carbons (Fsp3) is 0.409. The van der Waals surface area contributed by atoms with Gasteiger partial charge in [0.15, 0.2) is 16.7 Å². The third-order valence-electron chi connectivity index (χ3n) is 4.86. The molecule has 166 valence electrons. The average molecular weight is 447 g/mol. The van der Waals surface area contributed by atoms with E-state index in [2.05, 4.69) is 11.6 Å². The van der Waals surface area contributed by atoms with Crippen LogP contribution in [0.3, 0.4) is 0 Å². The lowest BCUT2D eigenvalue weighted by Gasteiger charge is -2.33. The summed E-state index contributed by atoms with van der Waals surface area (Å²) in [6.07, 6.45) is 1.64. The lowest BCUT2D eigenvalue weighted by molar-refractivity contribution is -0.141. The van der Waals surface area contributed by atoms with E-state index in [4.69, 9.17) is 18.9 Å². The van der Waals surface area contributed by atoms with Gasteiger partial charge in [0.25, 0.3) is 0 Å². The molecule has 2 unspecified atom stereocenters. The van der Waals surface area contributed by atoms with Crippen molar-refractivity contribution in [3.05, 3.63) is 47.7 Å². The zero-order valence-corrected chi connectivity index (χ0v) is 18.9. The molecular formula is C22H26N2O6S. The van der Waals surface area contributed by atoms with Crippen molar-refractivity contribution in [2.75, 3.05) is 34.0 Å². The molecule has 0 bridgehead atoms. The van der Waals surface area contributed by atoms with Crippen molar-refractivity contribution in [3.63, 3.8) is 0 Å². The molecule has 1 aromatic rings. The third-order valence-corrected chi connectivity index (χ3v) is 5.91. The maximum absolute atomic E-state index is 13.0. The number of nitrogens with zero attached hydrogens (tertiary/aromatic N) is 2. The van der Waals surface area contributed by atoms with Gasteiger partial charge in [-0.3, -0.25) is 9.69 Å². The Kier molecular flexibility index (Phi) is 7.40. The second-order valence-electron chi connectivity index (χ2n) is 6.90. The Balaban J connectivity index is 2.06. The summed E-state index contributed by atoms with van der Waals surface area (Å²) in [6.45, 7) is 7.92. The van der Waals surface area contributed by atoms with Crippen LogP contribution in [0.15, 0.2) is 47.1 Å². The van der Waals surface area contributed by atoms with Crippen molar-refractivity contribution in [2.45, 2.75) is 25.1 Å². The van der Waals surface area contributed by atoms with E-state index in [1.165, 1.54) is 26.0 Å². The number of benzene rings is 1. The molecule has 9 heteroatoms. The van der Waals surface area contributed by atoms with Crippen molar-refractivity contribution in [3.8, 4) is 11.5 Å². The second kappa shape index (κ2) is 10.0. The van der Waals surface area contributed by atoms with Gasteiger partial charge >= 0.3 is 5.97 Å². The second-order valence-corrected chi connectivity index (χ2v) is 8.21. The number of hydrogen-bond acceptors (Lipinski definition) is 8. The predicted octanol–water partition coefficient (Wildman–Crippen LogP) is 3.10. The minimum Gasteiger partial charge on any atom is -0.493 e. The van der Waals surface area contributed by atoms with Crippen LogP contribution in [0, 0.1) is 0 Å². The van der Waals surface area contributed by atoms with Crippen LogP contribution in [0.25, 0.3) is 0 Å². The molecule has 0 aromatic heterocycles. The van der Waals surface area contributed by atoms with Crippen LogP contribution in [-0.4, -0.2) is 61.2 Å². The standard InChI is InChI=1S/C22H26N2O6S/c1-6-9-29-16-8-7-15(12-17(16)28-5)19-18(21(26)30-11-10-27-4)13(2)23-22-24(19)20(25)14(3)31-22/h6-8,12,14,19H,1,9-11H2,2-5H3. The quantitative estimate of drug-likeness (QED) is 0.327.